The summed E-state index contributed by atoms with van der Waals surface area (Å²) in [5, 5.41) is 12.1. The number of nitrogens with one attached hydrogen (secondary N) is 1. The van der Waals surface area contributed by atoms with E-state index < -0.39 is 0 Å². The lowest BCUT2D eigenvalue weighted by atomic mass is 10.2. The number of hydrogen-bond acceptors (Lipinski definition) is 3. The van der Waals surface area contributed by atoms with Gasteiger partial charge in [0.05, 0.1) is 15.0 Å². The zero-order valence-electron chi connectivity index (χ0n) is 9.41. The fraction of sp³-hybridized carbons (Fsp3) is 0.154. The Kier molecular flexibility index (Phi) is 4.34. The first-order valence-electron chi connectivity index (χ1n) is 5.37. The van der Waals surface area contributed by atoms with Gasteiger partial charge in [0.15, 0.2) is 0 Å². The van der Waals surface area contributed by atoms with Crippen molar-refractivity contribution in [3.63, 3.8) is 0 Å². The zero-order chi connectivity index (χ0) is 13.0. The normalized spacial score (nSPS) is 10.1. The molecule has 0 radical (unpaired) electrons. The second kappa shape index (κ2) is 5.98. The topological polar surface area (TPSA) is 35.8 Å². The Bertz CT molecular complexity index is 589. The monoisotopic (exact) mass is 324 g/mol. The van der Waals surface area contributed by atoms with Crippen molar-refractivity contribution >= 4 is 33.0 Å². The Labute approximate surface area is 117 Å². The number of halogens is 2. The van der Waals surface area contributed by atoms with E-state index in [1.54, 1.807) is 17.4 Å². The quantitative estimate of drug-likeness (QED) is 0.915. The smallest absolute Gasteiger partial charge is 0.124 e. The van der Waals surface area contributed by atoms with E-state index in [9.17, 15) is 4.39 Å². The summed E-state index contributed by atoms with van der Waals surface area (Å²) in [5.74, 6) is -0.390. The van der Waals surface area contributed by atoms with Crippen LogP contribution in [-0.4, -0.2) is 6.54 Å². The molecule has 1 N–H and O–H groups in total. The van der Waals surface area contributed by atoms with Crippen molar-refractivity contribution in [3.05, 3.63) is 50.4 Å². The largest absolute Gasteiger partial charge is 0.384 e. The summed E-state index contributed by atoms with van der Waals surface area (Å²) < 4.78 is 14.0. The first-order chi connectivity index (χ1) is 8.69. The van der Waals surface area contributed by atoms with Crippen LogP contribution < -0.4 is 5.32 Å². The number of thiophene rings is 1. The molecule has 0 saturated heterocycles. The van der Waals surface area contributed by atoms with E-state index in [-0.39, 0.29) is 5.82 Å². The Morgan fingerprint density at radius 1 is 1.33 bits per heavy atom. The Morgan fingerprint density at radius 2 is 2.17 bits per heavy atom. The van der Waals surface area contributed by atoms with Crippen LogP contribution >= 0.6 is 27.3 Å². The number of nitriles is 1. The van der Waals surface area contributed by atoms with E-state index in [2.05, 4.69) is 27.3 Å². The van der Waals surface area contributed by atoms with Crippen LogP contribution in [0.1, 0.15) is 10.4 Å². The Hall–Kier alpha value is -1.38. The highest BCUT2D eigenvalue weighted by Gasteiger charge is 2.03. The van der Waals surface area contributed by atoms with Crippen molar-refractivity contribution in [1.82, 2.24) is 0 Å². The average Bonchev–Trinajstić information content (AvgIpc) is 2.77. The van der Waals surface area contributed by atoms with Gasteiger partial charge in [-0.3, -0.25) is 0 Å². The molecule has 0 aliphatic rings. The van der Waals surface area contributed by atoms with E-state index in [0.717, 1.165) is 10.2 Å². The summed E-state index contributed by atoms with van der Waals surface area (Å²) in [5.41, 5.74) is 1.01. The summed E-state index contributed by atoms with van der Waals surface area (Å²) in [6.07, 6.45) is 0.874. The molecule has 18 heavy (non-hydrogen) atoms. The van der Waals surface area contributed by atoms with E-state index in [1.165, 1.54) is 17.0 Å². The molecule has 2 aromatic rings. The molecule has 0 atom stereocenters. The molecular weight excluding hydrogens is 315 g/mol. The molecule has 0 unspecified atom stereocenters. The second-order valence-electron chi connectivity index (χ2n) is 3.68. The molecule has 92 valence electrons. The Morgan fingerprint density at radius 3 is 2.83 bits per heavy atom. The lowest BCUT2D eigenvalue weighted by molar-refractivity contribution is 0.627. The molecule has 0 spiro atoms. The number of nitrogens with zero attached hydrogens (tertiary/aromatic N) is 1. The van der Waals surface area contributed by atoms with Crippen molar-refractivity contribution in [3.8, 4) is 6.07 Å². The van der Waals surface area contributed by atoms with Crippen LogP contribution in [0.4, 0.5) is 10.1 Å². The summed E-state index contributed by atoms with van der Waals surface area (Å²) in [6, 6.07) is 10.2. The van der Waals surface area contributed by atoms with Gasteiger partial charge in [-0.15, -0.1) is 11.3 Å². The van der Waals surface area contributed by atoms with Crippen LogP contribution in [0.2, 0.25) is 0 Å². The number of benzene rings is 1. The molecule has 1 aromatic carbocycles. The van der Waals surface area contributed by atoms with E-state index in [4.69, 9.17) is 5.26 Å². The van der Waals surface area contributed by atoms with Crippen molar-refractivity contribution in [1.29, 1.82) is 5.26 Å². The van der Waals surface area contributed by atoms with Crippen molar-refractivity contribution < 1.29 is 4.39 Å². The Balaban J connectivity index is 1.96. The average molecular weight is 325 g/mol. The third-order valence-electron chi connectivity index (χ3n) is 2.42. The highest BCUT2D eigenvalue weighted by molar-refractivity contribution is 9.11. The lowest BCUT2D eigenvalue weighted by Crippen LogP contribution is -2.05. The molecule has 2 rings (SSSR count). The van der Waals surface area contributed by atoms with Gasteiger partial charge in [-0.05, 0) is 52.7 Å². The SMILES string of the molecule is N#Cc1cc(F)ccc1NCCc1ccc(Br)s1. The van der Waals surface area contributed by atoms with Crippen LogP contribution in [0.3, 0.4) is 0 Å². The van der Waals surface area contributed by atoms with Crippen molar-refractivity contribution in [2.45, 2.75) is 6.42 Å². The number of rotatable bonds is 4. The van der Waals surface area contributed by atoms with Crippen molar-refractivity contribution in [2.24, 2.45) is 0 Å². The van der Waals surface area contributed by atoms with Crippen LogP contribution in [0.15, 0.2) is 34.1 Å². The molecule has 1 heterocycles. The minimum Gasteiger partial charge on any atom is -0.384 e. The molecule has 2 nitrogen and oxygen atoms in total. The van der Waals surface area contributed by atoms with Gasteiger partial charge in [0.2, 0.25) is 0 Å². The summed E-state index contributed by atoms with van der Waals surface area (Å²) in [7, 11) is 0. The third-order valence-corrected chi connectivity index (χ3v) is 4.10. The van der Waals surface area contributed by atoms with Gasteiger partial charge in [-0.1, -0.05) is 0 Å². The van der Waals surface area contributed by atoms with Gasteiger partial charge in [0, 0.05) is 11.4 Å². The standard InChI is InChI=1S/C13H10BrFN2S/c14-13-4-2-11(18-13)5-6-17-12-3-1-10(15)7-9(12)8-16/h1-4,7,17H,5-6H2. The first-order valence-corrected chi connectivity index (χ1v) is 6.98. The molecule has 0 aliphatic heterocycles. The fourth-order valence-corrected chi connectivity index (χ4v) is 3.05. The third kappa shape index (κ3) is 3.31. The maximum Gasteiger partial charge on any atom is 0.124 e. The highest BCUT2D eigenvalue weighted by Crippen LogP contribution is 2.22. The molecule has 0 saturated carbocycles. The second-order valence-corrected chi connectivity index (χ2v) is 6.23. The van der Waals surface area contributed by atoms with Gasteiger partial charge >= 0.3 is 0 Å². The minimum atomic E-state index is -0.390. The lowest BCUT2D eigenvalue weighted by Gasteiger charge is -2.07. The molecule has 1 aromatic heterocycles. The van der Waals surface area contributed by atoms with Crippen LogP contribution in [-0.2, 0) is 6.42 Å². The predicted molar refractivity (Wildman–Crippen MR) is 75.3 cm³/mol. The molecule has 0 bridgehead atoms. The van der Waals surface area contributed by atoms with E-state index in [1.807, 2.05) is 12.1 Å². The minimum absolute atomic E-state index is 0.336. The van der Waals surface area contributed by atoms with Gasteiger partial charge < -0.3 is 5.32 Å². The van der Waals surface area contributed by atoms with Crippen LogP contribution in [0, 0.1) is 17.1 Å². The van der Waals surface area contributed by atoms with E-state index in [0.29, 0.717) is 17.8 Å². The maximum absolute atomic E-state index is 12.9. The molecule has 0 aliphatic carbocycles. The summed E-state index contributed by atoms with van der Waals surface area (Å²) in [4.78, 5) is 1.26. The molecule has 5 heteroatoms. The van der Waals surface area contributed by atoms with Crippen LogP contribution in [0.25, 0.3) is 0 Å². The number of hydrogen-bond donors (Lipinski definition) is 1. The van der Waals surface area contributed by atoms with Gasteiger partial charge in [0.25, 0.3) is 0 Å². The first kappa shape index (κ1) is 13.1. The zero-order valence-corrected chi connectivity index (χ0v) is 11.8. The molecular formula is C13H10BrFN2S. The molecule has 0 fully saturated rings. The van der Waals surface area contributed by atoms with Gasteiger partial charge in [0.1, 0.15) is 11.9 Å². The van der Waals surface area contributed by atoms with E-state index >= 15 is 0 Å². The van der Waals surface area contributed by atoms with Crippen LogP contribution in [0.5, 0.6) is 0 Å². The summed E-state index contributed by atoms with van der Waals surface area (Å²) in [6.45, 7) is 0.716. The molecule has 0 amide bonds. The fourth-order valence-electron chi connectivity index (χ4n) is 1.57. The maximum atomic E-state index is 12.9. The predicted octanol–water partition coefficient (Wildman–Crippen LogP) is 4.18. The number of anilines is 1. The van der Waals surface area contributed by atoms with Gasteiger partial charge in [-0.25, -0.2) is 4.39 Å². The highest BCUT2D eigenvalue weighted by atomic mass is 79.9. The summed E-state index contributed by atoms with van der Waals surface area (Å²) >= 11 is 5.10. The van der Waals surface area contributed by atoms with Gasteiger partial charge in [-0.2, -0.15) is 5.26 Å². The van der Waals surface area contributed by atoms with Crippen molar-refractivity contribution in [2.75, 3.05) is 11.9 Å².